The quantitative estimate of drug-likeness (QED) is 0.890. The lowest BCUT2D eigenvalue weighted by atomic mass is 10.1. The van der Waals surface area contributed by atoms with Crippen molar-refractivity contribution < 1.29 is 13.6 Å². The molecule has 20 heavy (non-hydrogen) atoms. The van der Waals surface area contributed by atoms with Crippen LogP contribution in [0.25, 0.3) is 0 Å². The number of halogens is 2. The molecule has 0 saturated carbocycles. The maximum absolute atomic E-state index is 13.8. The molecule has 4 nitrogen and oxygen atoms in total. The molecular weight excluding hydrogens is 327 g/mol. The van der Waals surface area contributed by atoms with E-state index in [9.17, 15) is 9.18 Å². The van der Waals surface area contributed by atoms with Gasteiger partial charge in [0.1, 0.15) is 11.6 Å². The first-order chi connectivity index (χ1) is 9.38. The number of hydrogen-bond acceptors (Lipinski definition) is 3. The molecule has 1 aromatic heterocycles. The topological polar surface area (TPSA) is 68.3 Å². The Labute approximate surface area is 124 Å². The number of hydrogen-bond donors (Lipinski definition) is 2. The lowest BCUT2D eigenvalue weighted by Crippen LogP contribution is -2.14. The van der Waals surface area contributed by atoms with Crippen LogP contribution >= 0.6 is 15.9 Å². The second kappa shape index (κ2) is 5.66. The monoisotopic (exact) mass is 340 g/mol. The summed E-state index contributed by atoms with van der Waals surface area (Å²) in [5.41, 5.74) is 6.25. The summed E-state index contributed by atoms with van der Waals surface area (Å²) < 4.78 is 19.8. The van der Waals surface area contributed by atoms with Gasteiger partial charge in [0.2, 0.25) is 5.91 Å². The van der Waals surface area contributed by atoms with E-state index in [2.05, 4.69) is 21.2 Å². The van der Waals surface area contributed by atoms with Crippen LogP contribution in [0.15, 0.2) is 33.4 Å². The Morgan fingerprint density at radius 2 is 2.15 bits per heavy atom. The minimum absolute atomic E-state index is 0.128. The van der Waals surface area contributed by atoms with Crippen molar-refractivity contribution >= 4 is 27.5 Å². The number of amides is 1. The summed E-state index contributed by atoms with van der Waals surface area (Å²) in [5, 5.41) is 3.11. The van der Waals surface area contributed by atoms with E-state index in [0.717, 1.165) is 6.07 Å². The molecule has 1 aromatic carbocycles. The van der Waals surface area contributed by atoms with Crippen LogP contribution < -0.4 is 11.1 Å². The third kappa shape index (κ3) is 3.01. The fraction of sp³-hybridized carbons (Fsp3) is 0.214. The van der Waals surface area contributed by atoms with Crippen LogP contribution in [0, 0.1) is 12.7 Å². The zero-order valence-electron chi connectivity index (χ0n) is 11.0. The fourth-order valence-corrected chi connectivity index (χ4v) is 2.16. The molecule has 1 atom stereocenters. The third-order valence-corrected chi connectivity index (χ3v) is 3.45. The van der Waals surface area contributed by atoms with E-state index in [-0.39, 0.29) is 11.6 Å². The smallest absolute Gasteiger partial charge is 0.248 e. The molecule has 1 heterocycles. The Kier molecular flexibility index (Phi) is 4.13. The maximum atomic E-state index is 13.8. The van der Waals surface area contributed by atoms with Gasteiger partial charge < -0.3 is 15.5 Å². The Hall–Kier alpha value is -1.82. The minimum Gasteiger partial charge on any atom is -0.452 e. The van der Waals surface area contributed by atoms with Crippen molar-refractivity contribution in [2.75, 3.05) is 5.32 Å². The van der Waals surface area contributed by atoms with Gasteiger partial charge in [-0.25, -0.2) is 4.39 Å². The number of furan rings is 1. The molecule has 0 spiro atoms. The van der Waals surface area contributed by atoms with Gasteiger partial charge in [0, 0.05) is 16.8 Å². The molecule has 3 N–H and O–H groups in total. The van der Waals surface area contributed by atoms with Crippen molar-refractivity contribution in [3.05, 3.63) is 51.6 Å². The number of rotatable bonds is 4. The average Bonchev–Trinajstić information content (AvgIpc) is 2.81. The third-order valence-electron chi connectivity index (χ3n) is 3.02. The second-order valence-electron chi connectivity index (χ2n) is 4.50. The Morgan fingerprint density at radius 1 is 1.45 bits per heavy atom. The van der Waals surface area contributed by atoms with Gasteiger partial charge in [-0.15, -0.1) is 0 Å². The van der Waals surface area contributed by atoms with Crippen molar-refractivity contribution in [2.24, 2.45) is 5.73 Å². The van der Waals surface area contributed by atoms with Gasteiger partial charge in [-0.1, -0.05) is 0 Å². The van der Waals surface area contributed by atoms with Crippen LogP contribution in [0.3, 0.4) is 0 Å². The summed E-state index contributed by atoms with van der Waals surface area (Å²) in [6.07, 6.45) is 0. The van der Waals surface area contributed by atoms with Crippen LogP contribution in [0.4, 0.5) is 10.1 Å². The van der Waals surface area contributed by atoms with Gasteiger partial charge in [0.05, 0.1) is 6.04 Å². The minimum atomic E-state index is -0.666. The van der Waals surface area contributed by atoms with E-state index < -0.39 is 11.7 Å². The standard InChI is InChI=1S/C14H14BrFN2O2/c1-7-10(16)5-9(14(17)19)6-11(7)18-8(2)12-3-4-13(15)20-12/h3-6,8,18H,1-2H3,(H2,17,19). The zero-order valence-corrected chi connectivity index (χ0v) is 12.6. The first-order valence-electron chi connectivity index (χ1n) is 6.00. The maximum Gasteiger partial charge on any atom is 0.248 e. The molecule has 1 unspecified atom stereocenters. The van der Waals surface area contributed by atoms with E-state index in [1.54, 1.807) is 13.0 Å². The highest BCUT2D eigenvalue weighted by atomic mass is 79.9. The van der Waals surface area contributed by atoms with Gasteiger partial charge in [-0.05, 0) is 54.0 Å². The largest absolute Gasteiger partial charge is 0.452 e. The van der Waals surface area contributed by atoms with Gasteiger partial charge >= 0.3 is 0 Å². The molecule has 2 rings (SSSR count). The van der Waals surface area contributed by atoms with E-state index in [4.69, 9.17) is 10.2 Å². The highest BCUT2D eigenvalue weighted by molar-refractivity contribution is 9.10. The van der Waals surface area contributed by atoms with Crippen LogP contribution in [-0.2, 0) is 0 Å². The van der Waals surface area contributed by atoms with Crippen LogP contribution in [0.1, 0.15) is 34.6 Å². The van der Waals surface area contributed by atoms with Crippen LogP contribution in [-0.4, -0.2) is 5.91 Å². The predicted octanol–water partition coefficient (Wildman–Crippen LogP) is 3.76. The van der Waals surface area contributed by atoms with Gasteiger partial charge in [0.15, 0.2) is 4.67 Å². The highest BCUT2D eigenvalue weighted by Gasteiger charge is 2.15. The number of benzene rings is 1. The summed E-state index contributed by atoms with van der Waals surface area (Å²) in [6, 6.07) is 6.08. The fourth-order valence-electron chi connectivity index (χ4n) is 1.84. The molecule has 1 amide bonds. The van der Waals surface area contributed by atoms with E-state index in [0.29, 0.717) is 21.7 Å². The Balaban J connectivity index is 2.30. The van der Waals surface area contributed by atoms with Crippen molar-refractivity contribution in [3.8, 4) is 0 Å². The Bertz CT molecular complexity index is 655. The normalized spacial score (nSPS) is 12.2. The number of anilines is 1. The van der Waals surface area contributed by atoms with Gasteiger partial charge in [-0.2, -0.15) is 0 Å². The van der Waals surface area contributed by atoms with Crippen molar-refractivity contribution in [1.82, 2.24) is 0 Å². The first-order valence-corrected chi connectivity index (χ1v) is 6.79. The molecule has 0 aliphatic heterocycles. The summed E-state index contributed by atoms with van der Waals surface area (Å²) >= 11 is 3.23. The van der Waals surface area contributed by atoms with Crippen molar-refractivity contribution in [1.29, 1.82) is 0 Å². The van der Waals surface area contributed by atoms with Gasteiger partial charge in [0.25, 0.3) is 0 Å². The number of nitrogens with one attached hydrogen (secondary N) is 1. The van der Waals surface area contributed by atoms with E-state index in [1.807, 2.05) is 13.0 Å². The summed E-state index contributed by atoms with van der Waals surface area (Å²) in [7, 11) is 0. The summed E-state index contributed by atoms with van der Waals surface area (Å²) in [6.45, 7) is 3.51. The van der Waals surface area contributed by atoms with Crippen LogP contribution in [0.2, 0.25) is 0 Å². The molecular formula is C14H14BrFN2O2. The molecule has 2 aromatic rings. The number of carbonyl (C=O) groups is 1. The molecule has 0 fully saturated rings. The zero-order chi connectivity index (χ0) is 14.9. The summed E-state index contributed by atoms with van der Waals surface area (Å²) in [5.74, 6) is -0.446. The highest BCUT2D eigenvalue weighted by Crippen LogP contribution is 2.27. The molecule has 0 bridgehead atoms. The second-order valence-corrected chi connectivity index (χ2v) is 5.28. The summed E-state index contributed by atoms with van der Waals surface area (Å²) in [4.78, 5) is 11.2. The molecule has 0 aliphatic carbocycles. The average molecular weight is 341 g/mol. The molecule has 0 radical (unpaired) electrons. The number of nitrogens with two attached hydrogens (primary N) is 1. The predicted molar refractivity (Wildman–Crippen MR) is 78.1 cm³/mol. The SMILES string of the molecule is Cc1c(F)cc(C(N)=O)cc1NC(C)c1ccc(Br)o1. The van der Waals surface area contributed by atoms with E-state index >= 15 is 0 Å². The van der Waals surface area contributed by atoms with Crippen molar-refractivity contribution in [3.63, 3.8) is 0 Å². The lowest BCUT2D eigenvalue weighted by molar-refractivity contribution is 0.1000. The van der Waals surface area contributed by atoms with Crippen LogP contribution in [0.5, 0.6) is 0 Å². The number of carbonyl (C=O) groups excluding carboxylic acids is 1. The first kappa shape index (κ1) is 14.6. The molecule has 0 aliphatic rings. The molecule has 6 heteroatoms. The van der Waals surface area contributed by atoms with E-state index in [1.165, 1.54) is 6.07 Å². The molecule has 106 valence electrons. The van der Waals surface area contributed by atoms with Crippen molar-refractivity contribution in [2.45, 2.75) is 19.9 Å². The molecule has 0 saturated heterocycles. The lowest BCUT2D eigenvalue weighted by Gasteiger charge is -2.16. The van der Waals surface area contributed by atoms with Gasteiger partial charge in [-0.3, -0.25) is 4.79 Å². The Morgan fingerprint density at radius 3 is 2.70 bits per heavy atom. The number of primary amides is 1.